The molecule has 0 fully saturated rings. The Labute approximate surface area is 90.8 Å². The standard InChI is InChI=1S/C10H6Cl2F2/c11-4-2-1-3-7-5-9(13)10(14)6-8(7)12/h5-6H,2,4H2. The Morgan fingerprint density at radius 1 is 1.21 bits per heavy atom. The Morgan fingerprint density at radius 2 is 1.86 bits per heavy atom. The van der Waals surface area contributed by atoms with Crippen LogP contribution in [0, 0.1) is 23.5 Å². The van der Waals surface area contributed by atoms with Crippen LogP contribution in [0.4, 0.5) is 8.78 Å². The highest BCUT2D eigenvalue weighted by atomic mass is 35.5. The van der Waals surface area contributed by atoms with Gasteiger partial charge in [-0.1, -0.05) is 23.4 Å². The van der Waals surface area contributed by atoms with Crippen LogP contribution >= 0.6 is 23.2 Å². The molecule has 0 heterocycles. The Hall–Kier alpha value is -0.780. The largest absolute Gasteiger partial charge is 0.204 e. The zero-order valence-corrected chi connectivity index (χ0v) is 8.59. The molecule has 0 aliphatic rings. The zero-order chi connectivity index (χ0) is 10.6. The van der Waals surface area contributed by atoms with Crippen LogP contribution in [0.25, 0.3) is 0 Å². The molecule has 0 spiro atoms. The fourth-order valence-electron chi connectivity index (χ4n) is 0.823. The van der Waals surface area contributed by atoms with Crippen molar-refractivity contribution in [2.75, 3.05) is 5.88 Å². The van der Waals surface area contributed by atoms with Gasteiger partial charge in [0.2, 0.25) is 0 Å². The predicted octanol–water partition coefficient (Wildman–Crippen LogP) is 3.60. The van der Waals surface area contributed by atoms with Crippen molar-refractivity contribution >= 4 is 23.2 Å². The Morgan fingerprint density at radius 3 is 2.50 bits per heavy atom. The minimum absolute atomic E-state index is 0.103. The van der Waals surface area contributed by atoms with Gasteiger partial charge in [0.05, 0.1) is 5.02 Å². The fraction of sp³-hybridized carbons (Fsp3) is 0.200. The molecule has 74 valence electrons. The van der Waals surface area contributed by atoms with Gasteiger partial charge in [-0.3, -0.25) is 0 Å². The lowest BCUT2D eigenvalue weighted by Gasteiger charge is -1.97. The molecule has 0 aliphatic heterocycles. The maximum absolute atomic E-state index is 12.7. The lowest BCUT2D eigenvalue weighted by atomic mass is 10.2. The summed E-state index contributed by atoms with van der Waals surface area (Å²) in [7, 11) is 0. The highest BCUT2D eigenvalue weighted by Gasteiger charge is 2.05. The highest BCUT2D eigenvalue weighted by Crippen LogP contribution is 2.18. The highest BCUT2D eigenvalue weighted by molar-refractivity contribution is 6.31. The van der Waals surface area contributed by atoms with Crippen LogP contribution in [0.1, 0.15) is 12.0 Å². The monoisotopic (exact) mass is 234 g/mol. The summed E-state index contributed by atoms with van der Waals surface area (Å²) in [5.41, 5.74) is 0.274. The molecule has 0 amide bonds. The maximum Gasteiger partial charge on any atom is 0.160 e. The second-order valence-corrected chi connectivity index (χ2v) is 3.27. The Bertz CT molecular complexity index is 391. The molecule has 4 heteroatoms. The Kier molecular flexibility index (Phi) is 4.19. The second kappa shape index (κ2) is 5.19. The molecule has 0 aliphatic carbocycles. The SMILES string of the molecule is Fc1cc(Cl)c(C#CCCCl)cc1F. The van der Waals surface area contributed by atoms with Crippen molar-refractivity contribution in [3.05, 3.63) is 34.4 Å². The average molecular weight is 235 g/mol. The number of hydrogen-bond donors (Lipinski definition) is 0. The fourth-order valence-corrected chi connectivity index (χ4v) is 1.12. The normalized spacial score (nSPS) is 9.43. The first-order valence-electron chi connectivity index (χ1n) is 3.84. The third-order valence-corrected chi connectivity index (χ3v) is 1.95. The molecule has 1 aromatic carbocycles. The van der Waals surface area contributed by atoms with E-state index in [1.54, 1.807) is 0 Å². The molecule has 0 aromatic heterocycles. The lowest BCUT2D eigenvalue weighted by Crippen LogP contribution is -1.87. The van der Waals surface area contributed by atoms with Gasteiger partial charge in [0.1, 0.15) is 0 Å². The molecule has 1 aromatic rings. The molecule has 1 rings (SSSR count). The van der Waals surface area contributed by atoms with E-state index in [4.69, 9.17) is 23.2 Å². The number of rotatable bonds is 1. The van der Waals surface area contributed by atoms with E-state index in [1.165, 1.54) is 0 Å². The van der Waals surface area contributed by atoms with Crippen molar-refractivity contribution in [2.45, 2.75) is 6.42 Å². The van der Waals surface area contributed by atoms with E-state index in [0.717, 1.165) is 12.1 Å². The molecular formula is C10H6Cl2F2. The van der Waals surface area contributed by atoms with E-state index in [-0.39, 0.29) is 10.6 Å². The molecule has 14 heavy (non-hydrogen) atoms. The minimum Gasteiger partial charge on any atom is -0.204 e. The topological polar surface area (TPSA) is 0 Å². The quantitative estimate of drug-likeness (QED) is 0.396. The summed E-state index contributed by atoms with van der Waals surface area (Å²) in [6, 6.07) is 1.88. The number of alkyl halides is 1. The van der Waals surface area contributed by atoms with Crippen LogP contribution < -0.4 is 0 Å². The maximum atomic E-state index is 12.7. The molecule has 0 radical (unpaired) electrons. The number of hydrogen-bond acceptors (Lipinski definition) is 0. The van der Waals surface area contributed by atoms with E-state index < -0.39 is 11.6 Å². The van der Waals surface area contributed by atoms with E-state index in [0.29, 0.717) is 12.3 Å². The number of halogens is 4. The van der Waals surface area contributed by atoms with E-state index >= 15 is 0 Å². The van der Waals surface area contributed by atoms with Crippen molar-refractivity contribution in [1.82, 2.24) is 0 Å². The molecule has 0 atom stereocenters. The van der Waals surface area contributed by atoms with Gasteiger partial charge in [-0.25, -0.2) is 8.78 Å². The van der Waals surface area contributed by atoms with Crippen molar-refractivity contribution in [2.24, 2.45) is 0 Å². The van der Waals surface area contributed by atoms with Crippen LogP contribution in [-0.4, -0.2) is 5.88 Å². The first-order valence-corrected chi connectivity index (χ1v) is 4.75. The van der Waals surface area contributed by atoms with Crippen molar-refractivity contribution in [3.63, 3.8) is 0 Å². The smallest absolute Gasteiger partial charge is 0.160 e. The molecule has 0 nitrogen and oxygen atoms in total. The van der Waals surface area contributed by atoms with E-state index in [2.05, 4.69) is 11.8 Å². The number of benzene rings is 1. The van der Waals surface area contributed by atoms with Gasteiger partial charge in [-0.15, -0.1) is 11.6 Å². The summed E-state index contributed by atoms with van der Waals surface area (Å²) in [5.74, 6) is 3.76. The second-order valence-electron chi connectivity index (χ2n) is 2.49. The Balaban J connectivity index is 3.00. The first kappa shape index (κ1) is 11.3. The van der Waals surface area contributed by atoms with Gasteiger partial charge in [-0.05, 0) is 12.1 Å². The van der Waals surface area contributed by atoms with Crippen molar-refractivity contribution in [1.29, 1.82) is 0 Å². The summed E-state index contributed by atoms with van der Waals surface area (Å²) in [6.07, 6.45) is 0.483. The molecule has 0 bridgehead atoms. The molecule has 0 saturated carbocycles. The summed E-state index contributed by atoms with van der Waals surface area (Å²) >= 11 is 11.0. The average Bonchev–Trinajstić information content (AvgIpc) is 2.14. The van der Waals surface area contributed by atoms with E-state index in [9.17, 15) is 8.78 Å². The predicted molar refractivity (Wildman–Crippen MR) is 53.6 cm³/mol. The third kappa shape index (κ3) is 2.87. The van der Waals surface area contributed by atoms with Gasteiger partial charge >= 0.3 is 0 Å². The van der Waals surface area contributed by atoms with Crippen molar-refractivity contribution in [3.8, 4) is 11.8 Å². The van der Waals surface area contributed by atoms with Crippen LogP contribution in [0.5, 0.6) is 0 Å². The summed E-state index contributed by atoms with van der Waals surface area (Å²) in [4.78, 5) is 0. The van der Waals surface area contributed by atoms with E-state index in [1.807, 2.05) is 0 Å². The summed E-state index contributed by atoms with van der Waals surface area (Å²) in [6.45, 7) is 0. The van der Waals surface area contributed by atoms with Crippen molar-refractivity contribution < 1.29 is 8.78 Å². The minimum atomic E-state index is -0.974. The van der Waals surface area contributed by atoms with Crippen LogP contribution in [0.3, 0.4) is 0 Å². The van der Waals surface area contributed by atoms with Gasteiger partial charge in [0.25, 0.3) is 0 Å². The first-order chi connectivity index (χ1) is 6.65. The van der Waals surface area contributed by atoms with Gasteiger partial charge in [0, 0.05) is 17.9 Å². The zero-order valence-electron chi connectivity index (χ0n) is 7.08. The van der Waals surface area contributed by atoms with Gasteiger partial charge in [-0.2, -0.15) is 0 Å². The van der Waals surface area contributed by atoms with Crippen LogP contribution in [0.15, 0.2) is 12.1 Å². The summed E-state index contributed by atoms with van der Waals surface area (Å²) in [5, 5.41) is 0.103. The van der Waals surface area contributed by atoms with Gasteiger partial charge in [0.15, 0.2) is 11.6 Å². The lowest BCUT2D eigenvalue weighted by molar-refractivity contribution is 0.508. The molecular weight excluding hydrogens is 229 g/mol. The van der Waals surface area contributed by atoms with Gasteiger partial charge < -0.3 is 0 Å². The summed E-state index contributed by atoms with van der Waals surface area (Å²) < 4.78 is 25.4. The molecule has 0 N–H and O–H groups in total. The molecule has 0 unspecified atom stereocenters. The van der Waals surface area contributed by atoms with Crippen LogP contribution in [-0.2, 0) is 0 Å². The van der Waals surface area contributed by atoms with Crippen LogP contribution in [0.2, 0.25) is 5.02 Å². The third-order valence-electron chi connectivity index (χ3n) is 1.45. The molecule has 0 saturated heterocycles.